The summed E-state index contributed by atoms with van der Waals surface area (Å²) in [7, 11) is 1.65. The van der Waals surface area contributed by atoms with Crippen molar-refractivity contribution in [3.8, 4) is 0 Å². The van der Waals surface area contributed by atoms with Gasteiger partial charge in [-0.3, -0.25) is 10.1 Å². The van der Waals surface area contributed by atoms with E-state index >= 15 is 0 Å². The smallest absolute Gasteiger partial charge is 0.270 e. The van der Waals surface area contributed by atoms with Gasteiger partial charge in [0.25, 0.3) is 5.95 Å². The zero-order valence-corrected chi connectivity index (χ0v) is 8.60. The summed E-state index contributed by atoms with van der Waals surface area (Å²) in [6, 6.07) is -0.123. The SMILES string of the molecule is Cn1nnc(NC(=O)[C@@H]2CCCCN2)n1. The Hall–Kier alpha value is -1.50. The molecular weight excluding hydrogens is 196 g/mol. The molecular formula is C8H14N6O. The van der Waals surface area contributed by atoms with Crippen LogP contribution in [0.5, 0.6) is 0 Å². The Morgan fingerprint density at radius 3 is 3.07 bits per heavy atom. The van der Waals surface area contributed by atoms with Crippen LogP contribution in [-0.4, -0.2) is 38.7 Å². The molecule has 1 fully saturated rings. The fraction of sp³-hybridized carbons (Fsp3) is 0.750. The monoisotopic (exact) mass is 210 g/mol. The van der Waals surface area contributed by atoms with Crippen molar-refractivity contribution in [3.63, 3.8) is 0 Å². The van der Waals surface area contributed by atoms with Crippen LogP contribution in [0.1, 0.15) is 19.3 Å². The second-order valence-corrected chi connectivity index (χ2v) is 3.59. The van der Waals surface area contributed by atoms with Crippen LogP contribution in [0.25, 0.3) is 0 Å². The van der Waals surface area contributed by atoms with Gasteiger partial charge in [-0.05, 0) is 24.6 Å². The van der Waals surface area contributed by atoms with E-state index < -0.39 is 0 Å². The maximum atomic E-state index is 11.7. The molecule has 1 aliphatic rings. The van der Waals surface area contributed by atoms with Crippen LogP contribution in [0.15, 0.2) is 0 Å². The molecule has 0 radical (unpaired) electrons. The van der Waals surface area contributed by atoms with Gasteiger partial charge in [-0.2, -0.15) is 4.80 Å². The number of amides is 1. The molecule has 0 aromatic carbocycles. The largest absolute Gasteiger partial charge is 0.306 e. The highest BCUT2D eigenvalue weighted by Crippen LogP contribution is 2.08. The lowest BCUT2D eigenvalue weighted by atomic mass is 10.0. The van der Waals surface area contributed by atoms with Gasteiger partial charge in [0.2, 0.25) is 5.91 Å². The van der Waals surface area contributed by atoms with Crippen molar-refractivity contribution in [2.45, 2.75) is 25.3 Å². The van der Waals surface area contributed by atoms with E-state index in [1.807, 2.05) is 0 Å². The third-order valence-electron chi connectivity index (χ3n) is 2.37. The summed E-state index contributed by atoms with van der Waals surface area (Å²) in [6.45, 7) is 0.895. The number of hydrogen-bond acceptors (Lipinski definition) is 5. The Bertz CT molecular complexity index is 343. The molecule has 15 heavy (non-hydrogen) atoms. The van der Waals surface area contributed by atoms with E-state index in [2.05, 4.69) is 26.0 Å². The number of piperidine rings is 1. The molecule has 0 aliphatic carbocycles. The molecule has 1 amide bonds. The first-order chi connectivity index (χ1) is 7.25. The lowest BCUT2D eigenvalue weighted by Gasteiger charge is -2.21. The summed E-state index contributed by atoms with van der Waals surface area (Å²) >= 11 is 0. The van der Waals surface area contributed by atoms with Crippen molar-refractivity contribution in [3.05, 3.63) is 0 Å². The third kappa shape index (κ3) is 2.50. The van der Waals surface area contributed by atoms with Crippen molar-refractivity contribution >= 4 is 11.9 Å². The number of aromatic nitrogens is 4. The fourth-order valence-corrected chi connectivity index (χ4v) is 1.61. The van der Waals surface area contributed by atoms with E-state index in [4.69, 9.17) is 0 Å². The van der Waals surface area contributed by atoms with E-state index in [1.54, 1.807) is 7.05 Å². The number of aryl methyl sites for hydroxylation is 1. The van der Waals surface area contributed by atoms with Crippen LogP contribution in [0, 0.1) is 0 Å². The minimum Gasteiger partial charge on any atom is -0.306 e. The van der Waals surface area contributed by atoms with Gasteiger partial charge in [0, 0.05) is 0 Å². The van der Waals surface area contributed by atoms with Gasteiger partial charge >= 0.3 is 0 Å². The van der Waals surface area contributed by atoms with Crippen molar-refractivity contribution in [2.75, 3.05) is 11.9 Å². The van der Waals surface area contributed by atoms with Crippen LogP contribution in [0.3, 0.4) is 0 Å². The first kappa shape index (κ1) is 10.0. The first-order valence-electron chi connectivity index (χ1n) is 5.04. The molecule has 1 aliphatic heterocycles. The maximum Gasteiger partial charge on any atom is 0.270 e. The van der Waals surface area contributed by atoms with Gasteiger partial charge < -0.3 is 5.32 Å². The number of nitrogens with one attached hydrogen (secondary N) is 2. The number of anilines is 1. The van der Waals surface area contributed by atoms with Crippen LogP contribution in [0.2, 0.25) is 0 Å². The van der Waals surface area contributed by atoms with Crippen molar-refractivity contribution in [1.29, 1.82) is 0 Å². The summed E-state index contributed by atoms with van der Waals surface area (Å²) in [5, 5.41) is 17.0. The molecule has 0 saturated carbocycles. The minimum atomic E-state index is -0.123. The highest BCUT2D eigenvalue weighted by atomic mass is 16.2. The lowest BCUT2D eigenvalue weighted by molar-refractivity contribution is -0.118. The zero-order valence-electron chi connectivity index (χ0n) is 8.60. The van der Waals surface area contributed by atoms with Gasteiger partial charge in [0.15, 0.2) is 0 Å². The molecule has 1 atom stereocenters. The van der Waals surface area contributed by atoms with Crippen LogP contribution >= 0.6 is 0 Å². The molecule has 7 heteroatoms. The van der Waals surface area contributed by atoms with Gasteiger partial charge in [0.1, 0.15) is 0 Å². The lowest BCUT2D eigenvalue weighted by Crippen LogP contribution is -2.43. The minimum absolute atomic E-state index is 0.0808. The standard InChI is InChI=1S/C8H14N6O/c1-14-12-8(11-13-14)10-7(15)6-4-2-3-5-9-6/h6,9H,2-5H2,1H3,(H,10,12,15)/t6-/m0/s1. The molecule has 82 valence electrons. The number of tetrazole rings is 1. The molecule has 7 nitrogen and oxygen atoms in total. The van der Waals surface area contributed by atoms with Crippen LogP contribution < -0.4 is 10.6 Å². The summed E-state index contributed by atoms with van der Waals surface area (Å²) < 4.78 is 0. The summed E-state index contributed by atoms with van der Waals surface area (Å²) in [5.74, 6) is 0.178. The molecule has 0 spiro atoms. The quantitative estimate of drug-likeness (QED) is 0.673. The Labute approximate surface area is 87.2 Å². The topological polar surface area (TPSA) is 84.7 Å². The van der Waals surface area contributed by atoms with Crippen molar-refractivity contribution < 1.29 is 4.79 Å². The van der Waals surface area contributed by atoms with Crippen molar-refractivity contribution in [1.82, 2.24) is 25.5 Å². The van der Waals surface area contributed by atoms with Gasteiger partial charge in [-0.1, -0.05) is 11.5 Å². The normalized spacial score (nSPS) is 21.3. The number of carbonyl (C=O) groups excluding carboxylic acids is 1. The number of nitrogens with zero attached hydrogens (tertiary/aromatic N) is 4. The molecule has 2 N–H and O–H groups in total. The van der Waals surface area contributed by atoms with Crippen LogP contribution in [-0.2, 0) is 11.8 Å². The highest BCUT2D eigenvalue weighted by Gasteiger charge is 2.21. The number of hydrogen-bond donors (Lipinski definition) is 2. The van der Waals surface area contributed by atoms with E-state index in [0.717, 1.165) is 25.8 Å². The molecule has 1 aromatic heterocycles. The Balaban J connectivity index is 1.91. The van der Waals surface area contributed by atoms with E-state index in [-0.39, 0.29) is 17.9 Å². The molecule has 0 bridgehead atoms. The Morgan fingerprint density at radius 1 is 1.60 bits per heavy atom. The first-order valence-corrected chi connectivity index (χ1v) is 5.04. The summed E-state index contributed by atoms with van der Waals surface area (Å²) in [5.41, 5.74) is 0. The predicted octanol–water partition coefficient (Wildman–Crippen LogP) is -0.709. The van der Waals surface area contributed by atoms with Gasteiger partial charge in [0.05, 0.1) is 13.1 Å². The Morgan fingerprint density at radius 2 is 2.47 bits per heavy atom. The zero-order chi connectivity index (χ0) is 10.7. The Kier molecular flexibility index (Phi) is 2.91. The summed E-state index contributed by atoms with van der Waals surface area (Å²) in [6.07, 6.45) is 3.08. The highest BCUT2D eigenvalue weighted by molar-refractivity contribution is 5.93. The molecule has 2 rings (SSSR count). The fourth-order valence-electron chi connectivity index (χ4n) is 1.61. The average molecular weight is 210 g/mol. The predicted molar refractivity (Wildman–Crippen MR) is 53.1 cm³/mol. The van der Waals surface area contributed by atoms with Crippen LogP contribution in [0.4, 0.5) is 5.95 Å². The molecule has 2 heterocycles. The molecule has 0 unspecified atom stereocenters. The van der Waals surface area contributed by atoms with Gasteiger partial charge in [-0.15, -0.1) is 5.10 Å². The molecule has 1 aromatic rings. The molecule has 1 saturated heterocycles. The third-order valence-corrected chi connectivity index (χ3v) is 2.37. The second kappa shape index (κ2) is 4.35. The average Bonchev–Trinajstić information content (AvgIpc) is 2.65. The van der Waals surface area contributed by atoms with E-state index in [0.29, 0.717) is 0 Å². The van der Waals surface area contributed by atoms with E-state index in [9.17, 15) is 4.79 Å². The second-order valence-electron chi connectivity index (χ2n) is 3.59. The van der Waals surface area contributed by atoms with E-state index in [1.165, 1.54) is 4.80 Å². The van der Waals surface area contributed by atoms with Crippen molar-refractivity contribution in [2.24, 2.45) is 7.05 Å². The van der Waals surface area contributed by atoms with Gasteiger partial charge in [-0.25, -0.2) is 0 Å². The summed E-state index contributed by atoms with van der Waals surface area (Å²) in [4.78, 5) is 13.0. The number of carbonyl (C=O) groups is 1. The maximum absolute atomic E-state index is 11.7. The number of rotatable bonds is 2.